The minimum absolute atomic E-state index is 0.258. The van der Waals surface area contributed by atoms with E-state index < -0.39 is 0 Å². The quantitative estimate of drug-likeness (QED) is 0.771. The predicted octanol–water partition coefficient (Wildman–Crippen LogP) is 3.12. The van der Waals surface area contributed by atoms with E-state index in [1.54, 1.807) is 12.5 Å². The molecule has 1 aliphatic rings. The molecule has 1 aliphatic heterocycles. The van der Waals surface area contributed by atoms with Crippen molar-refractivity contribution in [3.63, 3.8) is 0 Å². The topological polar surface area (TPSA) is 64.9 Å². The second kappa shape index (κ2) is 6.75. The molecule has 0 saturated carbocycles. The highest BCUT2D eigenvalue weighted by Gasteiger charge is 2.17. The van der Waals surface area contributed by atoms with E-state index >= 15 is 0 Å². The van der Waals surface area contributed by atoms with Crippen molar-refractivity contribution in [2.24, 2.45) is 0 Å². The van der Waals surface area contributed by atoms with Gasteiger partial charge in [-0.05, 0) is 24.5 Å². The molecule has 0 unspecified atom stereocenters. The van der Waals surface area contributed by atoms with Gasteiger partial charge in [0.2, 0.25) is 0 Å². The molecule has 1 saturated heterocycles. The van der Waals surface area contributed by atoms with Gasteiger partial charge in [-0.3, -0.25) is 0 Å². The predicted molar refractivity (Wildman–Crippen MR) is 93.3 cm³/mol. The van der Waals surface area contributed by atoms with Gasteiger partial charge in [0.1, 0.15) is 12.1 Å². The number of benzene rings is 1. The van der Waals surface area contributed by atoms with Gasteiger partial charge >= 0.3 is 0 Å². The summed E-state index contributed by atoms with van der Waals surface area (Å²) in [4.78, 5) is 8.73. The normalized spacial score (nSPS) is 17.5. The molecule has 4 rings (SSSR count). The second-order valence-electron chi connectivity index (χ2n) is 5.87. The summed E-state index contributed by atoms with van der Waals surface area (Å²) in [6, 6.07) is 7.76. The van der Waals surface area contributed by atoms with Crippen molar-refractivity contribution in [2.45, 2.75) is 25.5 Å². The lowest BCUT2D eigenvalue weighted by Gasteiger charge is -2.11. The van der Waals surface area contributed by atoms with Crippen molar-refractivity contribution in [1.29, 1.82) is 0 Å². The number of nitrogens with one attached hydrogen (secondary N) is 1. The minimum Gasteiger partial charge on any atom is -0.376 e. The lowest BCUT2D eigenvalue weighted by atomic mass is 10.2. The molecule has 1 aromatic carbocycles. The number of hydrogen-bond donors (Lipinski definition) is 1. The third kappa shape index (κ3) is 3.07. The number of halogens is 1. The van der Waals surface area contributed by atoms with Gasteiger partial charge in [0.05, 0.1) is 24.2 Å². The summed E-state index contributed by atoms with van der Waals surface area (Å²) in [6.07, 6.45) is 5.83. The summed E-state index contributed by atoms with van der Waals surface area (Å²) < 4.78 is 7.49. The molecule has 0 amide bonds. The van der Waals surface area contributed by atoms with Gasteiger partial charge in [0.25, 0.3) is 0 Å². The van der Waals surface area contributed by atoms with Gasteiger partial charge in [0, 0.05) is 18.2 Å². The van der Waals surface area contributed by atoms with E-state index in [1.165, 1.54) is 0 Å². The van der Waals surface area contributed by atoms with Crippen molar-refractivity contribution < 1.29 is 4.74 Å². The number of rotatable bonds is 5. The average Bonchev–Trinajstić information content (AvgIpc) is 3.25. The second-order valence-corrected chi connectivity index (χ2v) is 6.28. The summed E-state index contributed by atoms with van der Waals surface area (Å²) in [5.74, 6) is 0.793. The Kier molecular flexibility index (Phi) is 4.32. The minimum atomic E-state index is 0.258. The first-order chi connectivity index (χ1) is 11.8. The molecule has 24 heavy (non-hydrogen) atoms. The Morgan fingerprint density at radius 1 is 1.29 bits per heavy atom. The zero-order valence-electron chi connectivity index (χ0n) is 13.2. The van der Waals surface area contributed by atoms with Crippen LogP contribution in [0.15, 0.2) is 36.8 Å². The first kappa shape index (κ1) is 15.4. The van der Waals surface area contributed by atoms with E-state index in [-0.39, 0.29) is 6.10 Å². The van der Waals surface area contributed by atoms with Crippen LogP contribution in [0.3, 0.4) is 0 Å². The van der Waals surface area contributed by atoms with E-state index in [2.05, 4.69) is 20.4 Å². The zero-order valence-corrected chi connectivity index (χ0v) is 13.9. The maximum atomic E-state index is 6.25. The fraction of sp³-hybridized carbons (Fsp3) is 0.353. The van der Waals surface area contributed by atoms with Crippen LogP contribution in [-0.4, -0.2) is 39.0 Å². The number of aromatic nitrogens is 4. The number of fused-ring (bicyclic) bond motifs is 1. The molecule has 124 valence electrons. The van der Waals surface area contributed by atoms with Crippen LogP contribution in [0.25, 0.3) is 11.0 Å². The van der Waals surface area contributed by atoms with Gasteiger partial charge in [0.15, 0.2) is 5.65 Å². The van der Waals surface area contributed by atoms with Crippen molar-refractivity contribution in [1.82, 2.24) is 19.7 Å². The third-order valence-electron chi connectivity index (χ3n) is 4.23. The molecular weight excluding hydrogens is 326 g/mol. The lowest BCUT2D eigenvalue weighted by molar-refractivity contribution is 0.120. The Bertz CT molecular complexity index is 844. The Morgan fingerprint density at radius 3 is 3.04 bits per heavy atom. The standard InChI is InChI=1S/C17H18ClN5O/c18-15-6-2-1-4-12(15)10-23-17-14(9-22-23)16(20-11-21-17)19-8-13-5-3-7-24-13/h1-2,4,6,9,11,13H,3,5,7-8,10H2,(H,19,20,21)/t13-/m0/s1. The van der Waals surface area contributed by atoms with Crippen LogP contribution in [0.2, 0.25) is 5.02 Å². The summed E-state index contributed by atoms with van der Waals surface area (Å²) in [7, 11) is 0. The lowest BCUT2D eigenvalue weighted by Crippen LogP contribution is -2.19. The van der Waals surface area contributed by atoms with Crippen LogP contribution in [0.1, 0.15) is 18.4 Å². The largest absolute Gasteiger partial charge is 0.376 e. The summed E-state index contributed by atoms with van der Waals surface area (Å²) in [5, 5.41) is 9.45. The molecule has 1 fully saturated rings. The maximum absolute atomic E-state index is 6.25. The fourth-order valence-electron chi connectivity index (χ4n) is 2.95. The van der Waals surface area contributed by atoms with Gasteiger partial charge in [-0.25, -0.2) is 14.6 Å². The van der Waals surface area contributed by atoms with Crippen LogP contribution in [-0.2, 0) is 11.3 Å². The molecule has 1 N–H and O–H groups in total. The molecule has 1 atom stereocenters. The number of anilines is 1. The van der Waals surface area contributed by atoms with Crippen molar-refractivity contribution in [3.8, 4) is 0 Å². The smallest absolute Gasteiger partial charge is 0.163 e. The van der Waals surface area contributed by atoms with E-state index in [9.17, 15) is 0 Å². The third-order valence-corrected chi connectivity index (χ3v) is 4.60. The number of hydrogen-bond acceptors (Lipinski definition) is 5. The number of ether oxygens (including phenoxy) is 1. The highest BCUT2D eigenvalue weighted by atomic mass is 35.5. The summed E-state index contributed by atoms with van der Waals surface area (Å²) in [6.45, 7) is 2.18. The van der Waals surface area contributed by atoms with Crippen molar-refractivity contribution >= 4 is 28.5 Å². The van der Waals surface area contributed by atoms with Crippen LogP contribution in [0, 0.1) is 0 Å². The van der Waals surface area contributed by atoms with E-state index in [1.807, 2.05) is 28.9 Å². The van der Waals surface area contributed by atoms with Gasteiger partial charge in [-0.15, -0.1) is 0 Å². The van der Waals surface area contributed by atoms with Crippen molar-refractivity contribution in [3.05, 3.63) is 47.4 Å². The fourth-order valence-corrected chi connectivity index (χ4v) is 3.15. The highest BCUT2D eigenvalue weighted by Crippen LogP contribution is 2.22. The van der Waals surface area contributed by atoms with E-state index in [4.69, 9.17) is 16.3 Å². The van der Waals surface area contributed by atoms with Crippen molar-refractivity contribution in [2.75, 3.05) is 18.5 Å². The molecule has 2 aromatic heterocycles. The molecule has 6 nitrogen and oxygen atoms in total. The van der Waals surface area contributed by atoms with Crippen LogP contribution < -0.4 is 5.32 Å². The molecule has 0 spiro atoms. The van der Waals surface area contributed by atoms with Gasteiger partial charge < -0.3 is 10.1 Å². The van der Waals surface area contributed by atoms with Gasteiger partial charge in [-0.2, -0.15) is 5.10 Å². The molecular formula is C17H18ClN5O. The summed E-state index contributed by atoms with van der Waals surface area (Å²) >= 11 is 6.25. The van der Waals surface area contributed by atoms with Crippen LogP contribution >= 0.6 is 11.6 Å². The van der Waals surface area contributed by atoms with Crippen LogP contribution in [0.4, 0.5) is 5.82 Å². The van der Waals surface area contributed by atoms with Crippen LogP contribution in [0.5, 0.6) is 0 Å². The Labute approximate surface area is 144 Å². The summed E-state index contributed by atoms with van der Waals surface area (Å²) in [5.41, 5.74) is 1.80. The Hall–Kier alpha value is -2.18. The molecule has 7 heteroatoms. The molecule has 0 radical (unpaired) electrons. The molecule has 3 heterocycles. The zero-order chi connectivity index (χ0) is 16.4. The molecule has 3 aromatic rings. The highest BCUT2D eigenvalue weighted by molar-refractivity contribution is 6.31. The Morgan fingerprint density at radius 2 is 2.21 bits per heavy atom. The molecule has 0 bridgehead atoms. The maximum Gasteiger partial charge on any atom is 0.163 e. The average molecular weight is 344 g/mol. The molecule has 0 aliphatic carbocycles. The van der Waals surface area contributed by atoms with E-state index in [0.717, 1.165) is 53.4 Å². The first-order valence-electron chi connectivity index (χ1n) is 8.06. The first-order valence-corrected chi connectivity index (χ1v) is 8.44. The number of nitrogens with zero attached hydrogens (tertiary/aromatic N) is 4. The Balaban J connectivity index is 1.57. The van der Waals surface area contributed by atoms with E-state index in [0.29, 0.717) is 6.54 Å². The monoisotopic (exact) mass is 343 g/mol. The SMILES string of the molecule is Clc1ccccc1Cn1ncc2c(NC[C@@H]3CCCO3)ncnc21. The van der Waals surface area contributed by atoms with Gasteiger partial charge in [-0.1, -0.05) is 29.8 Å².